The Bertz CT molecular complexity index is 959. The van der Waals surface area contributed by atoms with Crippen molar-refractivity contribution in [3.05, 3.63) is 50.8 Å². The molecule has 24 heavy (non-hydrogen) atoms. The lowest BCUT2D eigenvalue weighted by Gasteiger charge is -2.03. The van der Waals surface area contributed by atoms with Crippen molar-refractivity contribution in [1.29, 1.82) is 0 Å². The van der Waals surface area contributed by atoms with Gasteiger partial charge in [0.1, 0.15) is 10.6 Å². The van der Waals surface area contributed by atoms with Crippen LogP contribution in [0.1, 0.15) is 35.0 Å². The second kappa shape index (κ2) is 6.52. The van der Waals surface area contributed by atoms with E-state index in [1.807, 2.05) is 13.0 Å². The van der Waals surface area contributed by atoms with Gasteiger partial charge < -0.3 is 4.42 Å². The number of aryl methyl sites for hydroxylation is 1. The molecule has 3 rings (SSSR count). The number of hydrogen-bond donors (Lipinski definition) is 1. The summed E-state index contributed by atoms with van der Waals surface area (Å²) in [7, 11) is 0. The highest BCUT2D eigenvalue weighted by Crippen LogP contribution is 2.20. The summed E-state index contributed by atoms with van der Waals surface area (Å²) < 4.78 is 5.55. The van der Waals surface area contributed by atoms with Crippen LogP contribution in [0.2, 0.25) is 0 Å². The highest BCUT2D eigenvalue weighted by atomic mass is 32.1. The van der Waals surface area contributed by atoms with E-state index in [9.17, 15) is 9.59 Å². The van der Waals surface area contributed by atoms with Crippen molar-refractivity contribution < 1.29 is 9.21 Å². The first kappa shape index (κ1) is 16.3. The Morgan fingerprint density at radius 3 is 2.83 bits per heavy atom. The Morgan fingerprint density at radius 1 is 1.29 bits per heavy atom. The van der Waals surface area contributed by atoms with Gasteiger partial charge in [-0.15, -0.1) is 10.2 Å². The number of nitrogens with zero attached hydrogens (tertiary/aromatic N) is 2. The molecule has 2 aromatic heterocycles. The van der Waals surface area contributed by atoms with E-state index in [-0.39, 0.29) is 11.2 Å². The Labute approximate surface area is 142 Å². The smallest absolute Gasteiger partial charge is 0.293 e. The summed E-state index contributed by atoms with van der Waals surface area (Å²) in [6.07, 6.45) is 0.804. The van der Waals surface area contributed by atoms with Crippen LogP contribution in [0.5, 0.6) is 0 Å². The third-order valence-corrected chi connectivity index (χ3v) is 4.24. The highest BCUT2D eigenvalue weighted by Gasteiger charge is 2.15. The quantitative estimate of drug-likeness (QED) is 0.785. The van der Waals surface area contributed by atoms with E-state index in [1.54, 1.807) is 12.1 Å². The van der Waals surface area contributed by atoms with E-state index in [4.69, 9.17) is 4.42 Å². The van der Waals surface area contributed by atoms with Crippen LogP contribution in [-0.2, 0) is 6.42 Å². The predicted molar refractivity (Wildman–Crippen MR) is 93.6 cm³/mol. The molecule has 124 valence electrons. The summed E-state index contributed by atoms with van der Waals surface area (Å²) in [6, 6.07) is 6.46. The molecule has 0 fully saturated rings. The number of anilines is 1. The van der Waals surface area contributed by atoms with Crippen molar-refractivity contribution in [1.82, 2.24) is 10.2 Å². The molecule has 0 radical (unpaired) electrons. The number of rotatable bonds is 4. The number of nitrogens with one attached hydrogen (secondary N) is 1. The minimum absolute atomic E-state index is 0.0445. The number of benzene rings is 1. The van der Waals surface area contributed by atoms with Crippen molar-refractivity contribution >= 4 is 33.3 Å². The molecule has 0 unspecified atom stereocenters. The Morgan fingerprint density at radius 2 is 2.08 bits per heavy atom. The van der Waals surface area contributed by atoms with Crippen molar-refractivity contribution in [2.75, 3.05) is 5.32 Å². The van der Waals surface area contributed by atoms with Gasteiger partial charge in [-0.05, 0) is 25.0 Å². The molecular formula is C17H17N3O3S. The zero-order valence-electron chi connectivity index (χ0n) is 13.6. The van der Waals surface area contributed by atoms with E-state index in [0.29, 0.717) is 22.0 Å². The monoisotopic (exact) mass is 343 g/mol. The maximum Gasteiger partial charge on any atom is 0.293 e. The van der Waals surface area contributed by atoms with Gasteiger partial charge in [0, 0.05) is 12.5 Å². The standard InChI is InChI=1S/C17H17N3O3S/c1-9(2)6-15-19-20-17(24-15)18-16(22)14-8-12(21)11-7-10(3)4-5-13(11)23-14/h4-5,7-9H,6H2,1-3H3,(H,18,20,22). The van der Waals surface area contributed by atoms with Gasteiger partial charge >= 0.3 is 0 Å². The topological polar surface area (TPSA) is 85.1 Å². The van der Waals surface area contributed by atoms with Gasteiger partial charge in [-0.2, -0.15) is 0 Å². The van der Waals surface area contributed by atoms with Crippen LogP contribution in [0.15, 0.2) is 33.5 Å². The first-order valence-electron chi connectivity index (χ1n) is 7.60. The van der Waals surface area contributed by atoms with Crippen LogP contribution >= 0.6 is 11.3 Å². The van der Waals surface area contributed by atoms with Crippen molar-refractivity contribution in [2.24, 2.45) is 5.92 Å². The molecular weight excluding hydrogens is 326 g/mol. The maximum atomic E-state index is 12.3. The van der Waals surface area contributed by atoms with Gasteiger partial charge in [0.2, 0.25) is 5.13 Å². The molecule has 0 aliphatic heterocycles. The van der Waals surface area contributed by atoms with E-state index in [0.717, 1.165) is 17.0 Å². The summed E-state index contributed by atoms with van der Waals surface area (Å²) in [5.41, 5.74) is 1.09. The third kappa shape index (κ3) is 3.51. The molecule has 0 atom stereocenters. The van der Waals surface area contributed by atoms with E-state index >= 15 is 0 Å². The van der Waals surface area contributed by atoms with E-state index in [2.05, 4.69) is 29.4 Å². The Balaban J connectivity index is 1.85. The predicted octanol–water partition coefficient (Wildman–Crippen LogP) is 3.40. The number of fused-ring (bicyclic) bond motifs is 1. The maximum absolute atomic E-state index is 12.3. The molecule has 6 nitrogen and oxygen atoms in total. The van der Waals surface area contributed by atoms with Gasteiger partial charge in [-0.1, -0.05) is 36.8 Å². The summed E-state index contributed by atoms with van der Waals surface area (Å²) >= 11 is 1.32. The van der Waals surface area contributed by atoms with Crippen molar-refractivity contribution in [2.45, 2.75) is 27.2 Å². The molecule has 1 amide bonds. The summed E-state index contributed by atoms with van der Waals surface area (Å²) in [5, 5.41) is 12.3. The fourth-order valence-corrected chi connectivity index (χ4v) is 3.22. The Hall–Kier alpha value is -2.54. The van der Waals surface area contributed by atoms with Crippen LogP contribution in [0.4, 0.5) is 5.13 Å². The average Bonchev–Trinajstić information content (AvgIpc) is 2.94. The number of amides is 1. The first-order valence-corrected chi connectivity index (χ1v) is 8.42. The normalized spacial score (nSPS) is 11.2. The molecule has 0 aliphatic carbocycles. The van der Waals surface area contributed by atoms with Gasteiger partial charge in [0.05, 0.1) is 5.39 Å². The zero-order chi connectivity index (χ0) is 17.3. The zero-order valence-corrected chi connectivity index (χ0v) is 14.4. The van der Waals surface area contributed by atoms with E-state index in [1.165, 1.54) is 17.4 Å². The van der Waals surface area contributed by atoms with E-state index < -0.39 is 5.91 Å². The molecule has 0 saturated heterocycles. The molecule has 7 heteroatoms. The first-order chi connectivity index (χ1) is 11.4. The minimum atomic E-state index is -0.512. The van der Waals surface area contributed by atoms with Crippen LogP contribution < -0.4 is 10.7 Å². The van der Waals surface area contributed by atoms with Gasteiger partial charge in [-0.25, -0.2) is 0 Å². The molecule has 0 bridgehead atoms. The Kier molecular flexibility index (Phi) is 4.44. The molecule has 3 aromatic rings. The second-order valence-electron chi connectivity index (χ2n) is 6.03. The summed E-state index contributed by atoms with van der Waals surface area (Å²) in [6.45, 7) is 6.07. The summed E-state index contributed by atoms with van der Waals surface area (Å²) in [5.74, 6) is -0.0951. The molecule has 2 heterocycles. The molecule has 0 saturated carbocycles. The fraction of sp³-hybridized carbons (Fsp3) is 0.294. The summed E-state index contributed by atoms with van der Waals surface area (Å²) in [4.78, 5) is 24.5. The molecule has 0 spiro atoms. The number of aromatic nitrogens is 2. The number of carbonyl (C=O) groups excluding carboxylic acids is 1. The molecule has 0 aliphatic rings. The van der Waals surface area contributed by atoms with Crippen LogP contribution in [-0.4, -0.2) is 16.1 Å². The van der Waals surface area contributed by atoms with Crippen LogP contribution in [0.3, 0.4) is 0 Å². The van der Waals surface area contributed by atoms with Crippen molar-refractivity contribution in [3.63, 3.8) is 0 Å². The number of carbonyl (C=O) groups is 1. The highest BCUT2D eigenvalue weighted by molar-refractivity contribution is 7.15. The third-order valence-electron chi connectivity index (χ3n) is 3.38. The molecule has 1 N–H and O–H groups in total. The largest absolute Gasteiger partial charge is 0.451 e. The fourth-order valence-electron chi connectivity index (χ4n) is 2.28. The lowest BCUT2D eigenvalue weighted by Crippen LogP contribution is -2.14. The average molecular weight is 343 g/mol. The lowest BCUT2D eigenvalue weighted by atomic mass is 10.1. The van der Waals surface area contributed by atoms with Gasteiger partial charge in [-0.3, -0.25) is 14.9 Å². The number of hydrogen-bond acceptors (Lipinski definition) is 6. The van der Waals surface area contributed by atoms with Gasteiger partial charge in [0.15, 0.2) is 11.2 Å². The minimum Gasteiger partial charge on any atom is -0.451 e. The van der Waals surface area contributed by atoms with Gasteiger partial charge in [0.25, 0.3) is 5.91 Å². The van der Waals surface area contributed by atoms with Crippen LogP contribution in [0.25, 0.3) is 11.0 Å². The molecule has 1 aromatic carbocycles. The van der Waals surface area contributed by atoms with Crippen LogP contribution in [0, 0.1) is 12.8 Å². The van der Waals surface area contributed by atoms with Crippen molar-refractivity contribution in [3.8, 4) is 0 Å². The SMILES string of the molecule is Cc1ccc2oc(C(=O)Nc3nnc(CC(C)C)s3)cc(=O)c2c1. The lowest BCUT2D eigenvalue weighted by molar-refractivity contribution is 0.0997. The second-order valence-corrected chi connectivity index (χ2v) is 7.09.